The molecule has 1 saturated carbocycles. The normalized spacial score (nSPS) is 24.9. The summed E-state index contributed by atoms with van der Waals surface area (Å²) in [7, 11) is 0. The number of aromatic nitrogens is 2. The summed E-state index contributed by atoms with van der Waals surface area (Å²) in [5, 5.41) is 7.51. The molecule has 0 spiro atoms. The van der Waals surface area contributed by atoms with Crippen molar-refractivity contribution in [3.05, 3.63) is 18.5 Å². The van der Waals surface area contributed by atoms with Crippen LogP contribution in [0.25, 0.3) is 0 Å². The van der Waals surface area contributed by atoms with Crippen molar-refractivity contribution in [2.75, 3.05) is 0 Å². The SMILES string of the molecule is CC1(C)CCC(Oc2ccnnc2)C1. The smallest absolute Gasteiger partial charge is 0.141 e. The van der Waals surface area contributed by atoms with E-state index >= 15 is 0 Å². The minimum Gasteiger partial charge on any atom is -0.489 e. The summed E-state index contributed by atoms with van der Waals surface area (Å²) in [5.41, 5.74) is 0.436. The van der Waals surface area contributed by atoms with E-state index in [-0.39, 0.29) is 0 Å². The van der Waals surface area contributed by atoms with Gasteiger partial charge in [-0.1, -0.05) is 13.8 Å². The van der Waals surface area contributed by atoms with Gasteiger partial charge in [-0.2, -0.15) is 10.2 Å². The van der Waals surface area contributed by atoms with Gasteiger partial charge in [-0.3, -0.25) is 0 Å². The second kappa shape index (κ2) is 3.56. The molecule has 1 heterocycles. The first-order chi connectivity index (χ1) is 6.66. The largest absolute Gasteiger partial charge is 0.489 e. The van der Waals surface area contributed by atoms with Crippen molar-refractivity contribution >= 4 is 0 Å². The molecule has 14 heavy (non-hydrogen) atoms. The molecule has 3 heteroatoms. The summed E-state index contributed by atoms with van der Waals surface area (Å²) >= 11 is 0. The quantitative estimate of drug-likeness (QED) is 0.721. The summed E-state index contributed by atoms with van der Waals surface area (Å²) in [6, 6.07) is 1.86. The Morgan fingerprint density at radius 2 is 2.29 bits per heavy atom. The Morgan fingerprint density at radius 3 is 2.86 bits per heavy atom. The van der Waals surface area contributed by atoms with E-state index in [1.54, 1.807) is 12.4 Å². The van der Waals surface area contributed by atoms with Crippen molar-refractivity contribution in [1.29, 1.82) is 0 Å². The molecule has 1 atom stereocenters. The van der Waals surface area contributed by atoms with E-state index in [4.69, 9.17) is 4.74 Å². The number of nitrogens with zero attached hydrogens (tertiary/aromatic N) is 2. The highest BCUT2D eigenvalue weighted by molar-refractivity contribution is 5.13. The Hall–Kier alpha value is -1.12. The highest BCUT2D eigenvalue weighted by Crippen LogP contribution is 2.38. The molecule has 0 aliphatic heterocycles. The predicted molar refractivity (Wildman–Crippen MR) is 54.1 cm³/mol. The van der Waals surface area contributed by atoms with Crippen molar-refractivity contribution in [2.24, 2.45) is 5.41 Å². The van der Waals surface area contributed by atoms with E-state index in [1.807, 2.05) is 6.07 Å². The predicted octanol–water partition coefficient (Wildman–Crippen LogP) is 2.43. The minimum absolute atomic E-state index is 0.356. The highest BCUT2D eigenvalue weighted by Gasteiger charge is 2.32. The zero-order chi connectivity index (χ0) is 10.0. The number of rotatable bonds is 2. The lowest BCUT2D eigenvalue weighted by molar-refractivity contribution is 0.192. The fourth-order valence-electron chi connectivity index (χ4n) is 2.01. The van der Waals surface area contributed by atoms with Gasteiger partial charge < -0.3 is 4.74 Å². The Labute approximate surface area is 84.5 Å². The minimum atomic E-state index is 0.356. The monoisotopic (exact) mass is 192 g/mol. The molecule has 1 fully saturated rings. The first kappa shape index (κ1) is 9.44. The Balaban J connectivity index is 1.94. The first-order valence-corrected chi connectivity index (χ1v) is 5.09. The molecule has 1 aromatic heterocycles. The molecule has 0 radical (unpaired) electrons. The molecule has 0 N–H and O–H groups in total. The zero-order valence-electron chi connectivity index (χ0n) is 8.73. The summed E-state index contributed by atoms with van der Waals surface area (Å²) < 4.78 is 5.81. The maximum absolute atomic E-state index is 5.81. The van der Waals surface area contributed by atoms with E-state index in [1.165, 1.54) is 6.42 Å². The van der Waals surface area contributed by atoms with Crippen LogP contribution in [0.4, 0.5) is 0 Å². The van der Waals surface area contributed by atoms with Crippen LogP contribution in [0.5, 0.6) is 5.75 Å². The second-order valence-corrected chi connectivity index (χ2v) is 4.73. The van der Waals surface area contributed by atoms with Gasteiger partial charge in [-0.05, 0) is 24.7 Å². The summed E-state index contributed by atoms with van der Waals surface area (Å²) in [5.74, 6) is 0.836. The van der Waals surface area contributed by atoms with E-state index < -0.39 is 0 Å². The number of hydrogen-bond acceptors (Lipinski definition) is 3. The van der Waals surface area contributed by atoms with Gasteiger partial charge in [0.2, 0.25) is 0 Å². The molecule has 1 aliphatic carbocycles. The topological polar surface area (TPSA) is 35.0 Å². The third-order valence-electron chi connectivity index (χ3n) is 2.78. The van der Waals surface area contributed by atoms with Gasteiger partial charge in [0.15, 0.2) is 0 Å². The van der Waals surface area contributed by atoms with Crippen molar-refractivity contribution in [1.82, 2.24) is 10.2 Å². The Bertz CT molecular complexity index is 297. The maximum Gasteiger partial charge on any atom is 0.141 e. The second-order valence-electron chi connectivity index (χ2n) is 4.73. The van der Waals surface area contributed by atoms with Crippen LogP contribution < -0.4 is 4.74 Å². The van der Waals surface area contributed by atoms with Gasteiger partial charge >= 0.3 is 0 Å². The van der Waals surface area contributed by atoms with Crippen LogP contribution in [-0.2, 0) is 0 Å². The summed E-state index contributed by atoms with van der Waals surface area (Å²) in [6.45, 7) is 4.59. The van der Waals surface area contributed by atoms with Gasteiger partial charge in [0.25, 0.3) is 0 Å². The van der Waals surface area contributed by atoms with Crippen LogP contribution in [0.15, 0.2) is 18.5 Å². The highest BCUT2D eigenvalue weighted by atomic mass is 16.5. The fraction of sp³-hybridized carbons (Fsp3) is 0.636. The van der Waals surface area contributed by atoms with Crippen molar-refractivity contribution < 1.29 is 4.74 Å². The number of ether oxygens (including phenoxy) is 1. The lowest BCUT2D eigenvalue weighted by Crippen LogP contribution is -2.14. The van der Waals surface area contributed by atoms with Gasteiger partial charge in [0.1, 0.15) is 5.75 Å². The molecule has 0 saturated heterocycles. The molecular weight excluding hydrogens is 176 g/mol. The Kier molecular flexibility index (Phi) is 2.40. The van der Waals surface area contributed by atoms with Crippen LogP contribution >= 0.6 is 0 Å². The molecule has 2 rings (SSSR count). The molecule has 0 amide bonds. The molecule has 1 unspecified atom stereocenters. The van der Waals surface area contributed by atoms with Crippen LogP contribution in [0.2, 0.25) is 0 Å². The lowest BCUT2D eigenvalue weighted by atomic mass is 9.92. The van der Waals surface area contributed by atoms with E-state index in [0.717, 1.165) is 18.6 Å². The maximum atomic E-state index is 5.81. The van der Waals surface area contributed by atoms with Crippen molar-refractivity contribution in [2.45, 2.75) is 39.2 Å². The molecule has 76 valence electrons. The van der Waals surface area contributed by atoms with Crippen LogP contribution in [-0.4, -0.2) is 16.3 Å². The molecule has 1 aliphatic rings. The molecule has 1 aromatic rings. The van der Waals surface area contributed by atoms with Crippen LogP contribution in [0, 0.1) is 5.41 Å². The molecule has 3 nitrogen and oxygen atoms in total. The van der Waals surface area contributed by atoms with Crippen LogP contribution in [0.3, 0.4) is 0 Å². The van der Waals surface area contributed by atoms with Crippen LogP contribution in [0.1, 0.15) is 33.1 Å². The van der Waals surface area contributed by atoms with E-state index in [0.29, 0.717) is 11.5 Å². The van der Waals surface area contributed by atoms with Crippen molar-refractivity contribution in [3.63, 3.8) is 0 Å². The molecule has 0 aromatic carbocycles. The third kappa shape index (κ3) is 2.22. The average molecular weight is 192 g/mol. The average Bonchev–Trinajstić information content (AvgIpc) is 2.47. The van der Waals surface area contributed by atoms with Gasteiger partial charge in [0.05, 0.1) is 18.5 Å². The lowest BCUT2D eigenvalue weighted by Gasteiger charge is -2.17. The molecule has 0 bridgehead atoms. The zero-order valence-corrected chi connectivity index (χ0v) is 8.73. The third-order valence-corrected chi connectivity index (χ3v) is 2.78. The molecular formula is C11H16N2O. The van der Waals surface area contributed by atoms with Gasteiger partial charge in [-0.15, -0.1) is 0 Å². The summed E-state index contributed by atoms with van der Waals surface area (Å²) in [6.07, 6.45) is 7.22. The fourth-order valence-corrected chi connectivity index (χ4v) is 2.01. The van der Waals surface area contributed by atoms with Gasteiger partial charge in [-0.25, -0.2) is 0 Å². The van der Waals surface area contributed by atoms with Crippen molar-refractivity contribution in [3.8, 4) is 5.75 Å². The van der Waals surface area contributed by atoms with E-state index in [9.17, 15) is 0 Å². The van der Waals surface area contributed by atoms with E-state index in [2.05, 4.69) is 24.0 Å². The number of hydrogen-bond donors (Lipinski definition) is 0. The Morgan fingerprint density at radius 1 is 1.43 bits per heavy atom. The summed E-state index contributed by atoms with van der Waals surface area (Å²) in [4.78, 5) is 0. The standard InChI is InChI=1S/C11H16N2O/c1-11(2)5-3-9(7-11)14-10-4-6-12-13-8-10/h4,6,8-9H,3,5,7H2,1-2H3. The van der Waals surface area contributed by atoms with Gasteiger partial charge in [0, 0.05) is 6.07 Å². The first-order valence-electron chi connectivity index (χ1n) is 5.09.